The van der Waals surface area contributed by atoms with Crippen molar-refractivity contribution >= 4 is 6.08 Å². The first-order valence-corrected chi connectivity index (χ1v) is 6.56. The molecule has 0 aliphatic heterocycles. The molecule has 0 aliphatic carbocycles. The van der Waals surface area contributed by atoms with E-state index < -0.39 is 0 Å². The molecule has 3 nitrogen and oxygen atoms in total. The number of aryl methyl sites for hydroxylation is 2. The molecule has 0 fully saturated rings. The number of hydrogen-bond donors (Lipinski definition) is 1. The van der Waals surface area contributed by atoms with Gasteiger partial charge in [-0.3, -0.25) is 4.98 Å². The molecule has 1 heterocycles. The standard InChI is InChI=1S/C18H22N2O/c1-7-13(3)17(18(19)21-6)14(4)8-9-16-15(5)10-12(2)11-20-16/h7-11H,1,3-4,19H2,2,5-6H3/b9-8-,18-17-. The van der Waals surface area contributed by atoms with Gasteiger partial charge in [0.15, 0.2) is 5.88 Å². The Balaban J connectivity index is 3.10. The molecule has 0 radical (unpaired) electrons. The molecule has 110 valence electrons. The zero-order valence-corrected chi connectivity index (χ0v) is 12.9. The Hall–Kier alpha value is -2.55. The van der Waals surface area contributed by atoms with Crippen molar-refractivity contribution < 1.29 is 4.74 Å². The molecular weight excluding hydrogens is 260 g/mol. The second kappa shape index (κ2) is 7.29. The monoisotopic (exact) mass is 282 g/mol. The summed E-state index contributed by atoms with van der Waals surface area (Å²) >= 11 is 0. The normalized spacial score (nSPS) is 12.0. The maximum Gasteiger partial charge on any atom is 0.192 e. The second-order valence-electron chi connectivity index (χ2n) is 4.75. The lowest BCUT2D eigenvalue weighted by atomic mass is 9.99. The lowest BCUT2D eigenvalue weighted by Crippen LogP contribution is -2.06. The molecule has 0 bridgehead atoms. The number of nitrogens with zero attached hydrogens (tertiary/aromatic N) is 1. The van der Waals surface area contributed by atoms with Crippen LogP contribution in [-0.4, -0.2) is 12.1 Å². The molecule has 0 saturated carbocycles. The van der Waals surface area contributed by atoms with Crippen molar-refractivity contribution in [1.82, 2.24) is 4.98 Å². The molecule has 0 aliphatic rings. The van der Waals surface area contributed by atoms with Crippen molar-refractivity contribution in [3.63, 3.8) is 0 Å². The number of rotatable bonds is 6. The third-order valence-corrected chi connectivity index (χ3v) is 3.05. The first kappa shape index (κ1) is 16.5. The Morgan fingerprint density at radius 2 is 1.95 bits per heavy atom. The highest BCUT2D eigenvalue weighted by Crippen LogP contribution is 2.22. The van der Waals surface area contributed by atoms with Crippen LogP contribution in [0.4, 0.5) is 0 Å². The summed E-state index contributed by atoms with van der Waals surface area (Å²) in [6, 6.07) is 2.08. The highest BCUT2D eigenvalue weighted by Gasteiger charge is 2.09. The van der Waals surface area contributed by atoms with Crippen molar-refractivity contribution in [2.45, 2.75) is 13.8 Å². The molecule has 0 amide bonds. The van der Waals surface area contributed by atoms with Crippen LogP contribution in [0.1, 0.15) is 16.8 Å². The summed E-state index contributed by atoms with van der Waals surface area (Å²) in [6.45, 7) is 15.6. The van der Waals surface area contributed by atoms with Crippen LogP contribution in [0.25, 0.3) is 6.08 Å². The number of methoxy groups -OCH3 is 1. The van der Waals surface area contributed by atoms with E-state index in [0.29, 0.717) is 16.7 Å². The molecule has 0 atom stereocenters. The van der Waals surface area contributed by atoms with Crippen molar-refractivity contribution in [3.8, 4) is 0 Å². The van der Waals surface area contributed by atoms with E-state index in [1.807, 2.05) is 32.2 Å². The van der Waals surface area contributed by atoms with E-state index in [2.05, 4.69) is 30.8 Å². The molecule has 1 aromatic heterocycles. The van der Waals surface area contributed by atoms with Gasteiger partial charge in [-0.25, -0.2) is 0 Å². The first-order chi connectivity index (χ1) is 9.90. The van der Waals surface area contributed by atoms with Crippen molar-refractivity contribution in [1.29, 1.82) is 0 Å². The van der Waals surface area contributed by atoms with Crippen molar-refractivity contribution in [2.75, 3.05) is 7.11 Å². The van der Waals surface area contributed by atoms with Gasteiger partial charge in [0.1, 0.15) is 0 Å². The molecule has 0 aromatic carbocycles. The fourth-order valence-corrected chi connectivity index (χ4v) is 1.89. The van der Waals surface area contributed by atoms with Gasteiger partial charge in [0.2, 0.25) is 0 Å². The molecular formula is C18H22N2O. The van der Waals surface area contributed by atoms with Gasteiger partial charge in [-0.05, 0) is 42.2 Å². The number of ether oxygens (including phenoxy) is 1. The van der Waals surface area contributed by atoms with E-state index in [4.69, 9.17) is 10.5 Å². The fourth-order valence-electron chi connectivity index (χ4n) is 1.89. The van der Waals surface area contributed by atoms with Gasteiger partial charge in [0.05, 0.1) is 12.8 Å². The van der Waals surface area contributed by atoms with Crippen LogP contribution in [-0.2, 0) is 4.74 Å². The molecule has 1 rings (SSSR count). The van der Waals surface area contributed by atoms with Crippen LogP contribution in [0.2, 0.25) is 0 Å². The van der Waals surface area contributed by atoms with Crippen LogP contribution in [0.15, 0.2) is 66.8 Å². The van der Waals surface area contributed by atoms with Gasteiger partial charge in [-0.2, -0.15) is 0 Å². The summed E-state index contributed by atoms with van der Waals surface area (Å²) in [5.74, 6) is 0.267. The zero-order chi connectivity index (χ0) is 16.0. The lowest BCUT2D eigenvalue weighted by molar-refractivity contribution is 0.284. The highest BCUT2D eigenvalue weighted by molar-refractivity contribution is 5.61. The molecule has 0 spiro atoms. The summed E-state index contributed by atoms with van der Waals surface area (Å²) in [7, 11) is 1.51. The predicted molar refractivity (Wildman–Crippen MR) is 89.4 cm³/mol. The molecule has 2 N–H and O–H groups in total. The van der Waals surface area contributed by atoms with E-state index in [1.165, 1.54) is 7.11 Å². The van der Waals surface area contributed by atoms with Crippen LogP contribution in [0.3, 0.4) is 0 Å². The Morgan fingerprint density at radius 3 is 2.48 bits per heavy atom. The average Bonchev–Trinajstić information content (AvgIpc) is 2.46. The average molecular weight is 282 g/mol. The van der Waals surface area contributed by atoms with Gasteiger partial charge >= 0.3 is 0 Å². The Labute approximate surface area is 126 Å². The summed E-state index contributed by atoms with van der Waals surface area (Å²) in [5.41, 5.74) is 11.0. The lowest BCUT2D eigenvalue weighted by Gasteiger charge is -2.11. The topological polar surface area (TPSA) is 48.1 Å². The summed E-state index contributed by atoms with van der Waals surface area (Å²) in [5, 5.41) is 0. The van der Waals surface area contributed by atoms with Gasteiger partial charge in [-0.15, -0.1) is 0 Å². The van der Waals surface area contributed by atoms with Crippen LogP contribution in [0.5, 0.6) is 0 Å². The first-order valence-electron chi connectivity index (χ1n) is 6.56. The molecule has 3 heteroatoms. The number of allylic oxidation sites excluding steroid dienone is 5. The Morgan fingerprint density at radius 1 is 1.29 bits per heavy atom. The van der Waals surface area contributed by atoms with Gasteiger partial charge < -0.3 is 10.5 Å². The minimum Gasteiger partial charge on any atom is -0.482 e. The van der Waals surface area contributed by atoms with Crippen LogP contribution in [0, 0.1) is 13.8 Å². The zero-order valence-electron chi connectivity index (χ0n) is 12.9. The predicted octanol–water partition coefficient (Wildman–Crippen LogP) is 3.83. The Kier molecular flexibility index (Phi) is 5.73. The molecule has 0 unspecified atom stereocenters. The quantitative estimate of drug-likeness (QED) is 0.637. The maximum absolute atomic E-state index is 5.85. The number of nitrogens with two attached hydrogens (primary N) is 1. The number of hydrogen-bond acceptors (Lipinski definition) is 3. The third-order valence-electron chi connectivity index (χ3n) is 3.05. The fraction of sp³-hybridized carbons (Fsp3) is 0.167. The molecule has 21 heavy (non-hydrogen) atoms. The van der Waals surface area contributed by atoms with E-state index in [1.54, 1.807) is 6.08 Å². The smallest absolute Gasteiger partial charge is 0.192 e. The van der Waals surface area contributed by atoms with Gasteiger partial charge in [-0.1, -0.05) is 38.0 Å². The second-order valence-corrected chi connectivity index (χ2v) is 4.75. The van der Waals surface area contributed by atoms with E-state index in [-0.39, 0.29) is 5.88 Å². The highest BCUT2D eigenvalue weighted by atomic mass is 16.5. The molecule has 0 saturated heterocycles. The van der Waals surface area contributed by atoms with Crippen molar-refractivity contribution in [3.05, 3.63) is 83.6 Å². The van der Waals surface area contributed by atoms with Gasteiger partial charge in [0.25, 0.3) is 0 Å². The van der Waals surface area contributed by atoms with Crippen molar-refractivity contribution in [2.24, 2.45) is 5.73 Å². The Bertz CT molecular complexity index is 637. The summed E-state index contributed by atoms with van der Waals surface area (Å²) < 4.78 is 5.09. The minimum absolute atomic E-state index is 0.267. The number of aromatic nitrogens is 1. The maximum atomic E-state index is 5.85. The summed E-state index contributed by atoms with van der Waals surface area (Å²) in [4.78, 5) is 4.39. The third kappa shape index (κ3) is 4.21. The van der Waals surface area contributed by atoms with E-state index >= 15 is 0 Å². The minimum atomic E-state index is 0.267. The SMILES string of the molecule is C=CC(=C)/C(C(=C)/C=C\c1ncc(C)cc1C)=C(\N)OC. The van der Waals surface area contributed by atoms with Crippen LogP contribution >= 0.6 is 0 Å². The van der Waals surface area contributed by atoms with Gasteiger partial charge in [0, 0.05) is 11.8 Å². The number of pyridine rings is 1. The van der Waals surface area contributed by atoms with Crippen LogP contribution < -0.4 is 5.73 Å². The van der Waals surface area contributed by atoms with E-state index in [9.17, 15) is 0 Å². The largest absolute Gasteiger partial charge is 0.482 e. The molecule has 1 aromatic rings. The van der Waals surface area contributed by atoms with E-state index in [0.717, 1.165) is 16.8 Å². The summed E-state index contributed by atoms with van der Waals surface area (Å²) in [6.07, 6.45) is 7.20.